The van der Waals surface area contributed by atoms with Crippen molar-refractivity contribution >= 4 is 11.7 Å². The Kier molecular flexibility index (Phi) is 5.91. The number of hydrogen-bond acceptors (Lipinski definition) is 6. The molecule has 0 bridgehead atoms. The van der Waals surface area contributed by atoms with Gasteiger partial charge < -0.3 is 9.80 Å². The van der Waals surface area contributed by atoms with Crippen molar-refractivity contribution in [2.24, 2.45) is 0 Å². The molecule has 4 rings (SSSR count). The van der Waals surface area contributed by atoms with E-state index in [-0.39, 0.29) is 12.5 Å². The summed E-state index contributed by atoms with van der Waals surface area (Å²) in [5.74, 6) is 0.590. The van der Waals surface area contributed by atoms with Crippen LogP contribution in [0, 0.1) is 13.8 Å². The van der Waals surface area contributed by atoms with E-state index >= 15 is 0 Å². The van der Waals surface area contributed by atoms with Crippen LogP contribution in [0.15, 0.2) is 41.3 Å². The monoisotopic (exact) mass is 461 g/mol. The highest BCUT2D eigenvalue weighted by molar-refractivity contribution is 5.76. The van der Waals surface area contributed by atoms with Crippen molar-refractivity contribution in [2.75, 3.05) is 31.1 Å². The van der Waals surface area contributed by atoms with Gasteiger partial charge in [0.05, 0.1) is 11.3 Å². The van der Waals surface area contributed by atoms with Crippen LogP contribution >= 0.6 is 0 Å². The fraction of sp³-hybridized carbons (Fsp3) is 0.381. The van der Waals surface area contributed by atoms with Gasteiger partial charge in [-0.25, -0.2) is 14.3 Å². The highest BCUT2D eigenvalue weighted by Crippen LogP contribution is 2.29. The summed E-state index contributed by atoms with van der Waals surface area (Å²) in [6, 6.07) is 7.11. The highest BCUT2D eigenvalue weighted by Gasteiger charge is 2.31. The molecule has 0 N–H and O–H groups in total. The van der Waals surface area contributed by atoms with E-state index in [1.807, 2.05) is 24.8 Å². The Hall–Kier alpha value is -3.70. The van der Waals surface area contributed by atoms with Crippen LogP contribution in [-0.2, 0) is 17.5 Å². The molecule has 0 saturated carbocycles. The lowest BCUT2D eigenvalue weighted by atomic mass is 10.2. The van der Waals surface area contributed by atoms with E-state index < -0.39 is 17.3 Å². The van der Waals surface area contributed by atoms with Gasteiger partial charge in [0.25, 0.3) is 5.56 Å². The molecular weight excluding hydrogens is 439 g/mol. The molecule has 0 atom stereocenters. The van der Waals surface area contributed by atoms with Gasteiger partial charge in [0.1, 0.15) is 12.4 Å². The maximum atomic E-state index is 12.8. The van der Waals surface area contributed by atoms with Gasteiger partial charge in [0, 0.05) is 44.1 Å². The number of aryl methyl sites for hydroxylation is 2. The first-order valence-corrected chi connectivity index (χ1v) is 10.3. The van der Waals surface area contributed by atoms with E-state index in [0.29, 0.717) is 37.8 Å². The third kappa shape index (κ3) is 4.89. The maximum absolute atomic E-state index is 12.8. The number of alkyl halides is 3. The Balaban J connectivity index is 1.40. The second-order valence-electron chi connectivity index (χ2n) is 7.80. The largest absolute Gasteiger partial charge is 0.417 e. The van der Waals surface area contributed by atoms with Gasteiger partial charge in [0.2, 0.25) is 5.91 Å². The Morgan fingerprint density at radius 3 is 2.27 bits per heavy atom. The summed E-state index contributed by atoms with van der Waals surface area (Å²) >= 11 is 0. The molecule has 174 valence electrons. The Bertz CT molecular complexity index is 1210. The summed E-state index contributed by atoms with van der Waals surface area (Å²) in [5, 5.41) is 8.63. The van der Waals surface area contributed by atoms with Crippen LogP contribution in [0.3, 0.4) is 0 Å². The van der Waals surface area contributed by atoms with Crippen LogP contribution in [-0.4, -0.2) is 61.5 Å². The number of hydrogen-bond donors (Lipinski definition) is 0. The molecule has 1 aliphatic rings. The molecule has 0 unspecified atom stereocenters. The number of rotatable bonds is 4. The van der Waals surface area contributed by atoms with Crippen LogP contribution in [0.2, 0.25) is 0 Å². The lowest BCUT2D eigenvalue weighted by molar-refractivity contribution is -0.138. The SMILES string of the molecule is Cc1cc(C)n(-c2ccc(=O)n(CC(=O)N3CCN(c4ccc(C(F)(F)F)cn4)CC3)n2)n1. The second kappa shape index (κ2) is 8.68. The molecule has 4 heterocycles. The molecule has 1 saturated heterocycles. The Morgan fingerprint density at radius 2 is 1.70 bits per heavy atom. The molecule has 9 nitrogen and oxygen atoms in total. The zero-order valence-corrected chi connectivity index (χ0v) is 18.1. The van der Waals surface area contributed by atoms with Crippen molar-refractivity contribution in [1.82, 2.24) is 29.4 Å². The molecule has 1 aliphatic heterocycles. The molecule has 12 heteroatoms. The van der Waals surface area contributed by atoms with E-state index in [4.69, 9.17) is 0 Å². The Morgan fingerprint density at radius 1 is 1.00 bits per heavy atom. The topological polar surface area (TPSA) is 89.2 Å². The molecule has 33 heavy (non-hydrogen) atoms. The lowest BCUT2D eigenvalue weighted by Gasteiger charge is -2.35. The van der Waals surface area contributed by atoms with Crippen molar-refractivity contribution in [3.8, 4) is 5.82 Å². The van der Waals surface area contributed by atoms with E-state index in [1.54, 1.807) is 15.6 Å². The quantitative estimate of drug-likeness (QED) is 0.589. The average molecular weight is 461 g/mol. The molecule has 0 spiro atoms. The number of pyridine rings is 1. The molecule has 3 aromatic rings. The van der Waals surface area contributed by atoms with Gasteiger partial charge in [-0.05, 0) is 38.1 Å². The minimum absolute atomic E-state index is 0.218. The molecule has 1 fully saturated rings. The molecule has 3 aromatic heterocycles. The zero-order valence-electron chi connectivity index (χ0n) is 18.1. The van der Waals surface area contributed by atoms with E-state index in [2.05, 4.69) is 15.2 Å². The predicted molar refractivity (Wildman–Crippen MR) is 113 cm³/mol. The zero-order chi connectivity index (χ0) is 23.8. The van der Waals surface area contributed by atoms with Crippen molar-refractivity contribution < 1.29 is 18.0 Å². The molecule has 0 radical (unpaired) electrons. The number of nitrogens with zero attached hydrogens (tertiary/aromatic N) is 7. The van der Waals surface area contributed by atoms with Gasteiger partial charge >= 0.3 is 6.18 Å². The number of anilines is 1. The summed E-state index contributed by atoms with van der Waals surface area (Å²) < 4.78 is 40.9. The molecule has 0 aromatic carbocycles. The first-order valence-electron chi connectivity index (χ1n) is 10.3. The number of carbonyl (C=O) groups excluding carboxylic acids is 1. The van der Waals surface area contributed by atoms with Gasteiger partial charge in [-0.2, -0.15) is 18.3 Å². The fourth-order valence-electron chi connectivity index (χ4n) is 3.68. The third-order valence-corrected chi connectivity index (χ3v) is 5.40. The summed E-state index contributed by atoms with van der Waals surface area (Å²) in [5.41, 5.74) is 0.454. The van der Waals surface area contributed by atoms with Crippen LogP contribution < -0.4 is 10.5 Å². The standard InChI is InChI=1S/C21H22F3N7O2/c1-14-11-15(2)31(26-14)18-5-6-19(32)30(27-18)13-20(33)29-9-7-28(8-10-29)17-4-3-16(12-25-17)21(22,23)24/h3-6,11-12H,7-10,13H2,1-2H3. The first kappa shape index (κ1) is 22.5. The summed E-state index contributed by atoms with van der Waals surface area (Å²) in [4.78, 5) is 32.4. The minimum Gasteiger partial charge on any atom is -0.353 e. The van der Waals surface area contributed by atoms with Crippen molar-refractivity contribution in [2.45, 2.75) is 26.6 Å². The van der Waals surface area contributed by atoms with Gasteiger partial charge in [-0.15, -0.1) is 5.10 Å². The summed E-state index contributed by atoms with van der Waals surface area (Å²) in [7, 11) is 0. The smallest absolute Gasteiger partial charge is 0.353 e. The van der Waals surface area contributed by atoms with Gasteiger partial charge in [-0.1, -0.05) is 0 Å². The number of halogens is 3. The average Bonchev–Trinajstić information content (AvgIpc) is 3.12. The van der Waals surface area contributed by atoms with Crippen LogP contribution in [0.1, 0.15) is 17.0 Å². The van der Waals surface area contributed by atoms with Crippen LogP contribution in [0.4, 0.5) is 19.0 Å². The van der Waals surface area contributed by atoms with Crippen molar-refractivity contribution in [3.05, 3.63) is 63.8 Å². The number of amides is 1. The fourth-order valence-corrected chi connectivity index (χ4v) is 3.68. The Labute approximate surface area is 187 Å². The number of carbonyl (C=O) groups is 1. The molecule has 0 aliphatic carbocycles. The van der Waals surface area contributed by atoms with Crippen molar-refractivity contribution in [3.63, 3.8) is 0 Å². The second-order valence-corrected chi connectivity index (χ2v) is 7.80. The molecular formula is C21H22F3N7O2. The third-order valence-electron chi connectivity index (χ3n) is 5.40. The maximum Gasteiger partial charge on any atom is 0.417 e. The van der Waals surface area contributed by atoms with E-state index in [1.165, 1.54) is 12.1 Å². The van der Waals surface area contributed by atoms with Gasteiger partial charge in [-0.3, -0.25) is 9.59 Å². The predicted octanol–water partition coefficient (Wildman–Crippen LogP) is 1.81. The van der Waals surface area contributed by atoms with E-state index in [0.717, 1.165) is 28.3 Å². The van der Waals surface area contributed by atoms with Gasteiger partial charge in [0.15, 0.2) is 5.82 Å². The minimum atomic E-state index is -4.44. The first-order chi connectivity index (χ1) is 15.6. The van der Waals surface area contributed by atoms with Crippen LogP contribution in [0.25, 0.3) is 5.82 Å². The number of piperazine rings is 1. The summed E-state index contributed by atoms with van der Waals surface area (Å²) in [6.45, 7) is 5.04. The highest BCUT2D eigenvalue weighted by atomic mass is 19.4. The van der Waals surface area contributed by atoms with Crippen molar-refractivity contribution in [1.29, 1.82) is 0 Å². The summed E-state index contributed by atoms with van der Waals surface area (Å²) in [6.07, 6.45) is -3.63. The number of aromatic nitrogens is 5. The lowest BCUT2D eigenvalue weighted by Crippen LogP contribution is -2.50. The normalized spacial score (nSPS) is 14.6. The van der Waals surface area contributed by atoms with E-state index in [9.17, 15) is 22.8 Å². The molecule has 1 amide bonds. The van der Waals surface area contributed by atoms with Crippen LogP contribution in [0.5, 0.6) is 0 Å².